The average Bonchev–Trinajstić information content (AvgIpc) is 3.42. The van der Waals surface area contributed by atoms with Gasteiger partial charge in [-0.05, 0) is 19.8 Å². The summed E-state index contributed by atoms with van der Waals surface area (Å²) in [7, 11) is 5.62. The molecule has 138 valence electrons. The molecule has 1 saturated carbocycles. The van der Waals surface area contributed by atoms with Crippen LogP contribution in [0.4, 0.5) is 23.5 Å². The summed E-state index contributed by atoms with van der Waals surface area (Å²) in [5.41, 5.74) is 1.31. The Morgan fingerprint density at radius 2 is 1.68 bits per heavy atom. The van der Waals surface area contributed by atoms with E-state index >= 15 is 0 Å². The first-order valence-electron chi connectivity index (χ1n) is 8.13. The molecule has 0 amide bonds. The van der Waals surface area contributed by atoms with Crippen LogP contribution in [0.5, 0.6) is 0 Å². The Hall–Kier alpha value is -2.13. The van der Waals surface area contributed by atoms with E-state index in [1.165, 1.54) is 12.8 Å². The summed E-state index contributed by atoms with van der Waals surface area (Å²) in [5.74, 6) is 2.37. The van der Waals surface area contributed by atoms with Crippen LogP contribution in [0.2, 0.25) is 0 Å². The number of aliphatic hydroxyl groups is 1. The van der Waals surface area contributed by atoms with Gasteiger partial charge in [0.25, 0.3) is 0 Å². The molecule has 0 aromatic carbocycles. The van der Waals surface area contributed by atoms with Gasteiger partial charge < -0.3 is 26.0 Å². The van der Waals surface area contributed by atoms with Gasteiger partial charge in [0.1, 0.15) is 11.0 Å². The molecule has 0 saturated heterocycles. The van der Waals surface area contributed by atoms with Crippen LogP contribution >= 0.6 is 12.4 Å². The number of anilines is 4. The Morgan fingerprint density at radius 3 is 2.24 bits per heavy atom. The topological polar surface area (TPSA) is 111 Å². The highest BCUT2D eigenvalue weighted by Gasteiger charge is 2.29. The fraction of sp³-hybridized carbons (Fsp3) is 0.600. The molecule has 0 aliphatic heterocycles. The van der Waals surface area contributed by atoms with Crippen molar-refractivity contribution in [1.82, 2.24) is 19.9 Å². The third-order valence-corrected chi connectivity index (χ3v) is 3.97. The number of aliphatic hydroxyl groups excluding tert-OH is 1. The van der Waals surface area contributed by atoms with E-state index in [4.69, 9.17) is 0 Å². The van der Waals surface area contributed by atoms with Gasteiger partial charge in [-0.1, -0.05) is 0 Å². The highest BCUT2D eigenvalue weighted by Crippen LogP contribution is 2.32. The SMILES string of the molecule is CNc1nc(N(C)C2CC2)nc2c(NC)nc(NC[C@H](C)O)nc12.Cl. The highest BCUT2D eigenvalue weighted by molar-refractivity contribution is 5.94. The third-order valence-electron chi connectivity index (χ3n) is 3.97. The molecule has 0 bridgehead atoms. The van der Waals surface area contributed by atoms with Crippen molar-refractivity contribution in [3.05, 3.63) is 0 Å². The summed E-state index contributed by atoms with van der Waals surface area (Å²) in [4.78, 5) is 20.3. The Bertz CT molecular complexity index is 737. The molecule has 1 atom stereocenters. The van der Waals surface area contributed by atoms with Crippen molar-refractivity contribution < 1.29 is 5.11 Å². The summed E-state index contributed by atoms with van der Waals surface area (Å²) in [5, 5.41) is 18.6. The van der Waals surface area contributed by atoms with Gasteiger partial charge >= 0.3 is 0 Å². The molecule has 1 fully saturated rings. The minimum absolute atomic E-state index is 0. The summed E-state index contributed by atoms with van der Waals surface area (Å²) in [6.07, 6.45) is 1.85. The third kappa shape index (κ3) is 4.10. The van der Waals surface area contributed by atoms with Crippen molar-refractivity contribution in [3.63, 3.8) is 0 Å². The molecule has 1 aliphatic rings. The summed E-state index contributed by atoms with van der Waals surface area (Å²) in [6, 6.07) is 0.512. The highest BCUT2D eigenvalue weighted by atomic mass is 35.5. The van der Waals surface area contributed by atoms with E-state index in [2.05, 4.69) is 40.8 Å². The van der Waals surface area contributed by atoms with Gasteiger partial charge in [0.15, 0.2) is 11.6 Å². The molecule has 0 radical (unpaired) electrons. The Kier molecular flexibility index (Phi) is 6.02. The van der Waals surface area contributed by atoms with E-state index in [9.17, 15) is 5.11 Å². The largest absolute Gasteiger partial charge is 0.392 e. The average molecular weight is 369 g/mol. The minimum atomic E-state index is -0.489. The number of rotatable bonds is 7. The summed E-state index contributed by atoms with van der Waals surface area (Å²) < 4.78 is 0. The molecule has 9 nitrogen and oxygen atoms in total. The molecule has 0 spiro atoms. The minimum Gasteiger partial charge on any atom is -0.392 e. The molecule has 2 heterocycles. The first-order valence-corrected chi connectivity index (χ1v) is 8.13. The quantitative estimate of drug-likeness (QED) is 0.574. The molecular formula is C15H25ClN8O. The Labute approximate surface area is 153 Å². The predicted octanol–water partition coefficient (Wildman–Crippen LogP) is 1.32. The van der Waals surface area contributed by atoms with Gasteiger partial charge in [-0.3, -0.25) is 0 Å². The molecule has 2 aromatic heterocycles. The second-order valence-electron chi connectivity index (χ2n) is 6.04. The van der Waals surface area contributed by atoms with Crippen LogP contribution in [-0.2, 0) is 0 Å². The van der Waals surface area contributed by atoms with E-state index in [0.717, 1.165) is 0 Å². The van der Waals surface area contributed by atoms with Crippen LogP contribution in [0.1, 0.15) is 19.8 Å². The van der Waals surface area contributed by atoms with Gasteiger partial charge in [-0.25, -0.2) is 9.97 Å². The van der Waals surface area contributed by atoms with Gasteiger partial charge in [-0.2, -0.15) is 9.97 Å². The molecule has 0 unspecified atom stereocenters. The van der Waals surface area contributed by atoms with Gasteiger partial charge in [0, 0.05) is 33.7 Å². The van der Waals surface area contributed by atoms with E-state index < -0.39 is 6.10 Å². The van der Waals surface area contributed by atoms with Crippen LogP contribution in [0.15, 0.2) is 0 Å². The Balaban J connectivity index is 0.00000225. The summed E-state index contributed by atoms with van der Waals surface area (Å²) in [6.45, 7) is 2.07. The van der Waals surface area contributed by atoms with E-state index in [1.54, 1.807) is 14.0 Å². The van der Waals surface area contributed by atoms with Crippen molar-refractivity contribution in [2.24, 2.45) is 0 Å². The lowest BCUT2D eigenvalue weighted by molar-refractivity contribution is 0.208. The van der Waals surface area contributed by atoms with Crippen molar-refractivity contribution >= 4 is 47.0 Å². The zero-order valence-corrected chi connectivity index (χ0v) is 15.7. The lowest BCUT2D eigenvalue weighted by atomic mass is 10.3. The van der Waals surface area contributed by atoms with Crippen molar-refractivity contribution in [3.8, 4) is 0 Å². The van der Waals surface area contributed by atoms with Crippen molar-refractivity contribution in [1.29, 1.82) is 0 Å². The zero-order valence-electron chi connectivity index (χ0n) is 14.9. The van der Waals surface area contributed by atoms with Gasteiger partial charge in [-0.15, -0.1) is 12.4 Å². The molecular weight excluding hydrogens is 344 g/mol. The van der Waals surface area contributed by atoms with Crippen molar-refractivity contribution in [2.75, 3.05) is 48.5 Å². The van der Waals surface area contributed by atoms with Crippen LogP contribution in [0.25, 0.3) is 11.0 Å². The van der Waals surface area contributed by atoms with E-state index in [1.807, 2.05) is 14.1 Å². The monoisotopic (exact) mass is 368 g/mol. The maximum absolute atomic E-state index is 9.43. The summed E-state index contributed by atoms with van der Waals surface area (Å²) >= 11 is 0. The van der Waals surface area contributed by atoms with Gasteiger partial charge in [0.2, 0.25) is 11.9 Å². The van der Waals surface area contributed by atoms with Crippen molar-refractivity contribution in [2.45, 2.75) is 31.9 Å². The fourth-order valence-corrected chi connectivity index (χ4v) is 2.45. The predicted molar refractivity (Wildman–Crippen MR) is 103 cm³/mol. The number of halogens is 1. The van der Waals surface area contributed by atoms with Crippen LogP contribution in [0.3, 0.4) is 0 Å². The zero-order chi connectivity index (χ0) is 17.3. The number of fused-ring (bicyclic) bond motifs is 1. The fourth-order valence-electron chi connectivity index (χ4n) is 2.45. The molecule has 2 aromatic rings. The van der Waals surface area contributed by atoms with Crippen LogP contribution < -0.4 is 20.9 Å². The van der Waals surface area contributed by atoms with E-state index in [0.29, 0.717) is 47.2 Å². The standard InChI is InChI=1S/C15H24N8O.ClH/c1-8(24)7-18-14-19-10-11(12(16-2)21-14)20-15(22-13(10)17-3)23(4)9-5-6-9;/h8-9,24H,5-7H2,1-4H3,(H,17,20,22)(H2,16,18,19,21);1H/t8-;/m0./s1. The maximum Gasteiger partial charge on any atom is 0.228 e. The lowest BCUT2D eigenvalue weighted by Crippen LogP contribution is -2.23. The number of nitrogens with one attached hydrogen (secondary N) is 3. The number of hydrogen-bond donors (Lipinski definition) is 4. The smallest absolute Gasteiger partial charge is 0.228 e. The first kappa shape index (κ1) is 19.2. The Morgan fingerprint density at radius 1 is 1.08 bits per heavy atom. The molecule has 4 N–H and O–H groups in total. The number of nitrogens with zero attached hydrogens (tertiary/aromatic N) is 5. The number of aromatic nitrogens is 4. The van der Waals surface area contributed by atoms with Crippen LogP contribution in [0, 0.1) is 0 Å². The molecule has 25 heavy (non-hydrogen) atoms. The van der Waals surface area contributed by atoms with Crippen LogP contribution in [-0.4, -0.2) is 64.9 Å². The lowest BCUT2D eigenvalue weighted by Gasteiger charge is -2.19. The second kappa shape index (κ2) is 7.83. The van der Waals surface area contributed by atoms with E-state index in [-0.39, 0.29) is 12.4 Å². The first-order chi connectivity index (χ1) is 11.5. The van der Waals surface area contributed by atoms with Gasteiger partial charge in [0.05, 0.1) is 6.10 Å². The molecule has 3 rings (SSSR count). The number of hydrogen-bond acceptors (Lipinski definition) is 9. The normalized spacial score (nSPS) is 14.6. The molecule has 1 aliphatic carbocycles. The maximum atomic E-state index is 9.43. The second-order valence-corrected chi connectivity index (χ2v) is 6.04. The molecule has 10 heteroatoms.